The zero-order valence-corrected chi connectivity index (χ0v) is 21.4. The summed E-state index contributed by atoms with van der Waals surface area (Å²) >= 11 is 0. The van der Waals surface area contributed by atoms with E-state index in [1.807, 2.05) is 11.8 Å². The number of hydrogen-bond acceptors (Lipinski definition) is 6. The zero-order chi connectivity index (χ0) is 26.5. The molecular weight excluding hydrogens is 470 g/mol. The van der Waals surface area contributed by atoms with E-state index < -0.39 is 17.7 Å². The number of benzene rings is 1. The topological polar surface area (TPSA) is 84.0 Å². The van der Waals surface area contributed by atoms with Crippen LogP contribution in [-0.2, 0) is 9.53 Å². The standard InChI is InChI=1S/C19H28N4O3.C7H6F2O/c1-13-5-6-16(26-13)17(24)21-14-7-8-20-15(11-14)18(25)23-10-9-22(4)19(2,3)12-23;1-10-6-4-2-3-5(8)7(6)9/h7-8,11,13,16H,5-6,9-10,12H2,1-4H3,(H,20,21,24);2-4H,1H3. The molecule has 2 unspecified atom stereocenters. The van der Waals surface area contributed by atoms with Gasteiger partial charge in [-0.25, -0.2) is 4.39 Å². The second kappa shape index (κ2) is 11.7. The van der Waals surface area contributed by atoms with Gasteiger partial charge < -0.3 is 19.7 Å². The minimum atomic E-state index is -0.940. The van der Waals surface area contributed by atoms with Crippen LogP contribution in [0.1, 0.15) is 44.1 Å². The fourth-order valence-corrected chi connectivity index (χ4v) is 4.06. The smallest absolute Gasteiger partial charge is 0.272 e. The van der Waals surface area contributed by atoms with Crippen LogP contribution in [0.4, 0.5) is 14.5 Å². The molecule has 8 nitrogen and oxygen atoms in total. The summed E-state index contributed by atoms with van der Waals surface area (Å²) in [6.45, 7) is 8.36. The summed E-state index contributed by atoms with van der Waals surface area (Å²) in [6.07, 6.45) is 2.86. The number of nitrogens with zero attached hydrogens (tertiary/aromatic N) is 3. The monoisotopic (exact) mass is 504 g/mol. The summed E-state index contributed by atoms with van der Waals surface area (Å²) in [5, 5.41) is 2.84. The molecule has 36 heavy (non-hydrogen) atoms. The second-order valence-electron chi connectivity index (χ2n) is 9.65. The lowest BCUT2D eigenvalue weighted by atomic mass is 9.99. The van der Waals surface area contributed by atoms with E-state index in [1.165, 1.54) is 19.2 Å². The van der Waals surface area contributed by atoms with Crippen molar-refractivity contribution in [1.82, 2.24) is 14.8 Å². The highest BCUT2D eigenvalue weighted by Gasteiger charge is 2.34. The number of carbonyl (C=O) groups is 2. The number of halogens is 2. The van der Waals surface area contributed by atoms with Crippen molar-refractivity contribution in [3.63, 3.8) is 0 Å². The molecule has 2 aliphatic rings. The Hall–Kier alpha value is -3.11. The Labute approximate surface area is 210 Å². The quantitative estimate of drug-likeness (QED) is 0.683. The van der Waals surface area contributed by atoms with Crippen molar-refractivity contribution in [3.8, 4) is 5.75 Å². The maximum Gasteiger partial charge on any atom is 0.272 e. The summed E-state index contributed by atoms with van der Waals surface area (Å²) in [4.78, 5) is 33.4. The van der Waals surface area contributed by atoms with Gasteiger partial charge in [-0.3, -0.25) is 19.5 Å². The molecule has 2 atom stereocenters. The number of rotatable bonds is 4. The van der Waals surface area contributed by atoms with Gasteiger partial charge in [-0.2, -0.15) is 4.39 Å². The Morgan fingerprint density at radius 3 is 2.56 bits per heavy atom. The van der Waals surface area contributed by atoms with Crippen LogP contribution in [0.25, 0.3) is 0 Å². The number of ether oxygens (including phenoxy) is 2. The molecule has 2 aromatic rings. The first-order chi connectivity index (χ1) is 17.0. The third kappa shape index (κ3) is 6.76. The summed E-state index contributed by atoms with van der Waals surface area (Å²) < 4.78 is 34.9. The lowest BCUT2D eigenvalue weighted by Crippen LogP contribution is -2.58. The number of aromatic nitrogens is 1. The van der Waals surface area contributed by atoms with Crippen molar-refractivity contribution < 1.29 is 27.8 Å². The first-order valence-corrected chi connectivity index (χ1v) is 11.9. The van der Waals surface area contributed by atoms with Gasteiger partial charge >= 0.3 is 0 Å². The van der Waals surface area contributed by atoms with Crippen LogP contribution in [0.2, 0.25) is 0 Å². The van der Waals surface area contributed by atoms with Crippen molar-refractivity contribution in [2.45, 2.75) is 51.4 Å². The van der Waals surface area contributed by atoms with Crippen LogP contribution < -0.4 is 10.1 Å². The van der Waals surface area contributed by atoms with Crippen molar-refractivity contribution in [2.24, 2.45) is 0 Å². The van der Waals surface area contributed by atoms with E-state index in [-0.39, 0.29) is 29.2 Å². The molecular formula is C26H34F2N4O4. The first-order valence-electron chi connectivity index (χ1n) is 11.9. The van der Waals surface area contributed by atoms with Crippen molar-refractivity contribution >= 4 is 17.5 Å². The number of pyridine rings is 1. The number of piperazine rings is 1. The molecule has 1 N–H and O–H groups in total. The summed E-state index contributed by atoms with van der Waals surface area (Å²) in [6, 6.07) is 7.12. The van der Waals surface area contributed by atoms with Crippen molar-refractivity contribution in [1.29, 1.82) is 0 Å². The summed E-state index contributed by atoms with van der Waals surface area (Å²) in [7, 11) is 3.36. The minimum absolute atomic E-state index is 0.0694. The Bertz CT molecular complexity index is 1080. The highest BCUT2D eigenvalue weighted by Crippen LogP contribution is 2.23. The minimum Gasteiger partial charge on any atom is -0.494 e. The normalized spacial score (nSPS) is 21.4. The fraction of sp³-hybridized carbons (Fsp3) is 0.500. The van der Waals surface area contributed by atoms with Gasteiger partial charge in [-0.1, -0.05) is 6.07 Å². The Kier molecular flexibility index (Phi) is 8.97. The van der Waals surface area contributed by atoms with E-state index in [9.17, 15) is 18.4 Å². The molecule has 0 bridgehead atoms. The third-order valence-electron chi connectivity index (χ3n) is 6.51. The highest BCUT2D eigenvalue weighted by atomic mass is 19.2. The molecule has 4 rings (SSSR count). The zero-order valence-electron chi connectivity index (χ0n) is 21.4. The number of carbonyl (C=O) groups excluding carboxylic acids is 2. The number of hydrogen-bond donors (Lipinski definition) is 1. The molecule has 2 fully saturated rings. The van der Waals surface area contributed by atoms with E-state index in [0.717, 1.165) is 25.5 Å². The van der Waals surface area contributed by atoms with Gasteiger partial charge in [-0.15, -0.1) is 0 Å². The number of anilines is 1. The predicted molar refractivity (Wildman–Crippen MR) is 132 cm³/mol. The van der Waals surface area contributed by atoms with Gasteiger partial charge in [0.15, 0.2) is 11.6 Å². The number of nitrogens with one attached hydrogen (secondary N) is 1. The predicted octanol–water partition coefficient (Wildman–Crippen LogP) is 3.73. The van der Waals surface area contributed by atoms with Crippen LogP contribution in [0, 0.1) is 11.6 Å². The summed E-state index contributed by atoms with van der Waals surface area (Å²) in [5.74, 6) is -2.17. The molecule has 1 aromatic heterocycles. The van der Waals surface area contributed by atoms with E-state index in [2.05, 4.69) is 40.8 Å². The van der Waals surface area contributed by atoms with Gasteiger partial charge in [-0.05, 0) is 64.9 Å². The average Bonchev–Trinajstić information content (AvgIpc) is 3.29. The molecule has 2 saturated heterocycles. The Morgan fingerprint density at radius 2 is 1.94 bits per heavy atom. The lowest BCUT2D eigenvalue weighted by Gasteiger charge is -2.45. The van der Waals surface area contributed by atoms with Gasteiger partial charge in [0.2, 0.25) is 5.82 Å². The number of likely N-dealkylation sites (N-methyl/N-ethyl adjacent to an activating group) is 1. The van der Waals surface area contributed by atoms with Gasteiger partial charge in [0.05, 0.1) is 13.2 Å². The van der Waals surface area contributed by atoms with Crippen LogP contribution in [0.3, 0.4) is 0 Å². The molecule has 2 aliphatic heterocycles. The van der Waals surface area contributed by atoms with E-state index in [4.69, 9.17) is 4.74 Å². The first kappa shape index (κ1) is 27.5. The second-order valence-corrected chi connectivity index (χ2v) is 9.65. The van der Waals surface area contributed by atoms with E-state index in [0.29, 0.717) is 24.5 Å². The van der Waals surface area contributed by atoms with Crippen molar-refractivity contribution in [3.05, 3.63) is 53.9 Å². The average molecular weight is 505 g/mol. The molecule has 10 heteroatoms. The molecule has 0 aliphatic carbocycles. The maximum absolute atomic E-state index is 12.8. The molecule has 3 heterocycles. The van der Waals surface area contributed by atoms with Crippen molar-refractivity contribution in [2.75, 3.05) is 39.1 Å². The van der Waals surface area contributed by atoms with Gasteiger partial charge in [0.25, 0.3) is 11.8 Å². The molecule has 0 radical (unpaired) electrons. The molecule has 2 amide bonds. The SMILES string of the molecule is CC1CCC(C(=O)Nc2ccnc(C(=O)N3CCN(C)C(C)(C)C3)c2)O1.COc1cccc(F)c1F. The molecule has 0 spiro atoms. The van der Waals surface area contributed by atoms with Crippen LogP contribution in [0.15, 0.2) is 36.5 Å². The maximum atomic E-state index is 12.8. The van der Waals surface area contributed by atoms with Crippen LogP contribution in [0.5, 0.6) is 5.75 Å². The molecule has 196 valence electrons. The highest BCUT2D eigenvalue weighted by molar-refractivity contribution is 5.97. The molecule has 0 saturated carbocycles. The van der Waals surface area contributed by atoms with Crippen LogP contribution in [-0.4, -0.2) is 78.1 Å². The molecule has 1 aromatic carbocycles. The lowest BCUT2D eigenvalue weighted by molar-refractivity contribution is -0.126. The number of methoxy groups -OCH3 is 1. The van der Waals surface area contributed by atoms with E-state index in [1.54, 1.807) is 18.3 Å². The Morgan fingerprint density at radius 1 is 1.19 bits per heavy atom. The van der Waals surface area contributed by atoms with Gasteiger partial charge in [0, 0.05) is 37.1 Å². The number of amides is 2. The Balaban J connectivity index is 0.000000303. The fourth-order valence-electron chi connectivity index (χ4n) is 4.06. The van der Waals surface area contributed by atoms with Gasteiger partial charge in [0.1, 0.15) is 11.8 Å². The third-order valence-corrected chi connectivity index (χ3v) is 6.51. The largest absolute Gasteiger partial charge is 0.494 e. The van der Waals surface area contributed by atoms with E-state index >= 15 is 0 Å². The van der Waals surface area contributed by atoms with Crippen LogP contribution >= 0.6 is 0 Å². The summed E-state index contributed by atoms with van der Waals surface area (Å²) in [5.41, 5.74) is 0.852.